The van der Waals surface area contributed by atoms with Gasteiger partial charge in [0, 0.05) is 24.0 Å². The van der Waals surface area contributed by atoms with E-state index in [1.807, 2.05) is 24.3 Å². The average molecular weight is 360 g/mol. The van der Waals surface area contributed by atoms with E-state index in [0.717, 1.165) is 24.2 Å². The third-order valence-corrected chi connectivity index (χ3v) is 4.61. The summed E-state index contributed by atoms with van der Waals surface area (Å²) in [6.07, 6.45) is 1.51. The van der Waals surface area contributed by atoms with Crippen LogP contribution < -0.4 is 19.5 Å². The van der Waals surface area contributed by atoms with E-state index in [4.69, 9.17) is 25.8 Å². The van der Waals surface area contributed by atoms with Crippen LogP contribution in [0.3, 0.4) is 0 Å². The van der Waals surface area contributed by atoms with Crippen LogP contribution in [-0.2, 0) is 0 Å². The third kappa shape index (κ3) is 3.24. The highest BCUT2D eigenvalue weighted by atomic mass is 35.5. The number of ether oxygens (including phenoxy) is 3. The Kier molecular flexibility index (Phi) is 4.40. The molecule has 2 aliphatic heterocycles. The summed E-state index contributed by atoms with van der Waals surface area (Å²) >= 11 is 6.28. The minimum absolute atomic E-state index is 0.0906. The van der Waals surface area contributed by atoms with E-state index in [1.165, 1.54) is 0 Å². The minimum Gasteiger partial charge on any atom is -0.493 e. The van der Waals surface area contributed by atoms with E-state index in [-0.39, 0.29) is 11.9 Å². The molecule has 1 amide bonds. The number of halogens is 1. The Bertz CT molecular complexity index is 808. The lowest BCUT2D eigenvalue weighted by molar-refractivity contribution is 0.0924. The first kappa shape index (κ1) is 16.1. The molecule has 5 nitrogen and oxygen atoms in total. The van der Waals surface area contributed by atoms with Crippen molar-refractivity contribution in [3.05, 3.63) is 52.5 Å². The van der Waals surface area contributed by atoms with Gasteiger partial charge in [0.15, 0.2) is 11.5 Å². The summed E-state index contributed by atoms with van der Waals surface area (Å²) in [5.41, 5.74) is 1.45. The average Bonchev–Trinajstić information content (AvgIpc) is 2.88. The lowest BCUT2D eigenvalue weighted by atomic mass is 10.00. The Morgan fingerprint density at radius 1 is 1.04 bits per heavy atom. The summed E-state index contributed by atoms with van der Waals surface area (Å²) in [7, 11) is 0. The van der Waals surface area contributed by atoms with Gasteiger partial charge < -0.3 is 19.5 Å². The lowest BCUT2D eigenvalue weighted by Crippen LogP contribution is -2.32. The second-order valence-electron chi connectivity index (χ2n) is 6.04. The zero-order valence-electron chi connectivity index (χ0n) is 13.6. The summed E-state index contributed by atoms with van der Waals surface area (Å²) in [5, 5.41) is 3.45. The molecule has 0 bridgehead atoms. The molecule has 0 aromatic heterocycles. The molecule has 4 rings (SSSR count). The van der Waals surface area contributed by atoms with E-state index >= 15 is 0 Å². The predicted octanol–water partition coefficient (Wildman–Crippen LogP) is 3.75. The number of fused-ring (bicyclic) bond motifs is 2. The Morgan fingerprint density at radius 3 is 2.76 bits per heavy atom. The SMILES string of the molecule is O=C(NC1CCOc2ccccc21)c1cc(Cl)c2c(c1)OCCCO2. The van der Waals surface area contributed by atoms with Crippen LogP contribution in [0.25, 0.3) is 0 Å². The lowest BCUT2D eigenvalue weighted by Gasteiger charge is -2.26. The van der Waals surface area contributed by atoms with Gasteiger partial charge in [-0.15, -0.1) is 0 Å². The summed E-state index contributed by atoms with van der Waals surface area (Å²) < 4.78 is 16.9. The minimum atomic E-state index is -0.195. The van der Waals surface area contributed by atoms with Crippen molar-refractivity contribution in [2.45, 2.75) is 18.9 Å². The fourth-order valence-corrected chi connectivity index (χ4v) is 3.36. The summed E-state index contributed by atoms with van der Waals surface area (Å²) in [5.74, 6) is 1.64. The second-order valence-corrected chi connectivity index (χ2v) is 6.44. The molecule has 0 spiro atoms. The van der Waals surface area contributed by atoms with E-state index in [2.05, 4.69) is 5.32 Å². The number of amides is 1. The van der Waals surface area contributed by atoms with Crippen LogP contribution in [0.1, 0.15) is 34.8 Å². The van der Waals surface area contributed by atoms with Crippen LogP contribution in [0.2, 0.25) is 5.02 Å². The Morgan fingerprint density at radius 2 is 1.84 bits per heavy atom. The van der Waals surface area contributed by atoms with Crippen molar-refractivity contribution in [2.75, 3.05) is 19.8 Å². The maximum atomic E-state index is 12.7. The molecule has 130 valence electrons. The number of carbonyl (C=O) groups excluding carboxylic acids is 1. The molecule has 1 N–H and O–H groups in total. The molecule has 0 saturated heterocycles. The van der Waals surface area contributed by atoms with Gasteiger partial charge in [-0.25, -0.2) is 0 Å². The van der Waals surface area contributed by atoms with Crippen molar-refractivity contribution in [1.82, 2.24) is 5.32 Å². The number of benzene rings is 2. The van der Waals surface area contributed by atoms with Gasteiger partial charge in [-0.2, -0.15) is 0 Å². The molecular weight excluding hydrogens is 342 g/mol. The van der Waals surface area contributed by atoms with Crippen LogP contribution >= 0.6 is 11.6 Å². The number of hydrogen-bond acceptors (Lipinski definition) is 4. The molecule has 1 unspecified atom stereocenters. The first-order valence-electron chi connectivity index (χ1n) is 8.34. The second kappa shape index (κ2) is 6.84. The summed E-state index contributed by atoms with van der Waals surface area (Å²) in [4.78, 5) is 12.7. The van der Waals surface area contributed by atoms with Gasteiger partial charge in [-0.3, -0.25) is 4.79 Å². The summed E-state index contributed by atoms with van der Waals surface area (Å²) in [6.45, 7) is 1.67. The zero-order chi connectivity index (χ0) is 17.2. The molecule has 2 aliphatic rings. The maximum Gasteiger partial charge on any atom is 0.251 e. The fourth-order valence-electron chi connectivity index (χ4n) is 3.10. The van der Waals surface area contributed by atoms with Gasteiger partial charge in [0.25, 0.3) is 5.91 Å². The molecule has 2 aromatic rings. The fraction of sp³-hybridized carbons (Fsp3) is 0.316. The van der Waals surface area contributed by atoms with Crippen molar-refractivity contribution >= 4 is 17.5 Å². The molecule has 6 heteroatoms. The quantitative estimate of drug-likeness (QED) is 0.887. The van der Waals surface area contributed by atoms with Gasteiger partial charge in [0.1, 0.15) is 5.75 Å². The largest absolute Gasteiger partial charge is 0.493 e. The molecule has 0 fully saturated rings. The molecule has 2 heterocycles. The third-order valence-electron chi connectivity index (χ3n) is 4.33. The zero-order valence-corrected chi connectivity index (χ0v) is 14.3. The van der Waals surface area contributed by atoms with Crippen LogP contribution in [0.5, 0.6) is 17.2 Å². The maximum absolute atomic E-state index is 12.7. The van der Waals surface area contributed by atoms with Gasteiger partial charge >= 0.3 is 0 Å². The van der Waals surface area contributed by atoms with Crippen molar-refractivity contribution in [2.24, 2.45) is 0 Å². The normalized spacial score (nSPS) is 18.5. The summed E-state index contributed by atoms with van der Waals surface area (Å²) in [6, 6.07) is 11.0. The van der Waals surface area contributed by atoms with Crippen LogP contribution in [0.4, 0.5) is 0 Å². The highest BCUT2D eigenvalue weighted by Crippen LogP contribution is 2.38. The molecule has 2 aromatic carbocycles. The topological polar surface area (TPSA) is 56.8 Å². The highest BCUT2D eigenvalue weighted by Gasteiger charge is 2.24. The molecule has 1 atom stereocenters. The predicted molar refractivity (Wildman–Crippen MR) is 93.8 cm³/mol. The smallest absolute Gasteiger partial charge is 0.251 e. The highest BCUT2D eigenvalue weighted by molar-refractivity contribution is 6.32. The molecule has 0 saturated carbocycles. The number of hydrogen-bond donors (Lipinski definition) is 1. The van der Waals surface area contributed by atoms with Gasteiger partial charge in [0.05, 0.1) is 30.9 Å². The first-order chi connectivity index (χ1) is 12.2. The Balaban J connectivity index is 1.58. The van der Waals surface area contributed by atoms with Crippen LogP contribution in [0.15, 0.2) is 36.4 Å². The van der Waals surface area contributed by atoms with Crippen molar-refractivity contribution < 1.29 is 19.0 Å². The number of carbonyl (C=O) groups is 1. The van der Waals surface area contributed by atoms with Gasteiger partial charge in [0.2, 0.25) is 0 Å². The number of nitrogens with one attached hydrogen (secondary N) is 1. The van der Waals surface area contributed by atoms with E-state index in [0.29, 0.717) is 41.9 Å². The van der Waals surface area contributed by atoms with Crippen molar-refractivity contribution in [3.63, 3.8) is 0 Å². The Hall–Kier alpha value is -2.40. The van der Waals surface area contributed by atoms with Gasteiger partial charge in [-0.1, -0.05) is 29.8 Å². The molecule has 0 radical (unpaired) electrons. The monoisotopic (exact) mass is 359 g/mol. The van der Waals surface area contributed by atoms with Gasteiger partial charge in [-0.05, 0) is 18.2 Å². The van der Waals surface area contributed by atoms with Crippen molar-refractivity contribution in [3.8, 4) is 17.2 Å². The van der Waals surface area contributed by atoms with Crippen LogP contribution in [-0.4, -0.2) is 25.7 Å². The van der Waals surface area contributed by atoms with Crippen LogP contribution in [0, 0.1) is 0 Å². The van der Waals surface area contributed by atoms with E-state index in [9.17, 15) is 4.79 Å². The number of rotatable bonds is 2. The standard InChI is InChI=1S/C19H18ClNO4/c20-14-10-12(11-17-18(14)25-8-3-7-23-17)19(22)21-15-6-9-24-16-5-2-1-4-13(15)16/h1-2,4-5,10-11,15H,3,6-9H2,(H,21,22). The van der Waals surface area contributed by atoms with Crippen molar-refractivity contribution in [1.29, 1.82) is 0 Å². The van der Waals surface area contributed by atoms with E-state index in [1.54, 1.807) is 12.1 Å². The Labute approximate surface area is 150 Å². The van der Waals surface area contributed by atoms with E-state index < -0.39 is 0 Å². The molecule has 25 heavy (non-hydrogen) atoms. The number of para-hydroxylation sites is 1. The first-order valence-corrected chi connectivity index (χ1v) is 8.72. The molecular formula is C19H18ClNO4. The molecule has 0 aliphatic carbocycles.